The van der Waals surface area contributed by atoms with Crippen LogP contribution >= 0.6 is 0 Å². The molecule has 0 unspecified atom stereocenters. The van der Waals surface area contributed by atoms with Crippen molar-refractivity contribution in [3.05, 3.63) is 59.2 Å². The number of rotatable bonds is 6. The number of fused-ring (bicyclic) bond motifs is 1. The average Bonchev–Trinajstić information content (AvgIpc) is 2.71. The molecule has 6 nitrogen and oxygen atoms in total. The lowest BCUT2D eigenvalue weighted by Crippen LogP contribution is -2.44. The summed E-state index contributed by atoms with van der Waals surface area (Å²) in [6, 6.07) is 12.8. The Morgan fingerprint density at radius 2 is 1.89 bits per heavy atom. The molecule has 0 radical (unpaired) electrons. The second kappa shape index (κ2) is 8.12. The molecule has 0 bridgehead atoms. The van der Waals surface area contributed by atoms with Crippen LogP contribution in [0, 0.1) is 0 Å². The molecule has 3 rings (SSSR count). The number of carbonyl (C=O) groups excluding carboxylic acids is 2. The highest BCUT2D eigenvalue weighted by atomic mass is 16.5. The monoisotopic (exact) mass is 369 g/mol. The zero-order valence-corrected chi connectivity index (χ0v) is 15.7. The molecule has 0 N–H and O–H groups in total. The molecule has 0 fully saturated rings. The predicted molar refractivity (Wildman–Crippen MR) is 100.0 cm³/mol. The number of methoxy groups -OCH3 is 2. The minimum Gasteiger partial charge on any atom is -0.493 e. The molecule has 1 atom stereocenters. The van der Waals surface area contributed by atoms with Crippen LogP contribution in [0.5, 0.6) is 11.5 Å². The number of ether oxygens (including phenoxy) is 3. The van der Waals surface area contributed by atoms with Gasteiger partial charge >= 0.3 is 5.97 Å². The first-order valence-corrected chi connectivity index (χ1v) is 8.86. The van der Waals surface area contributed by atoms with Crippen LogP contribution in [0.1, 0.15) is 28.4 Å². The Labute approximate surface area is 158 Å². The van der Waals surface area contributed by atoms with Gasteiger partial charge in [-0.25, -0.2) is 4.79 Å². The van der Waals surface area contributed by atoms with Crippen LogP contribution in [0.25, 0.3) is 0 Å². The highest BCUT2D eigenvalue weighted by molar-refractivity contribution is 5.95. The lowest BCUT2D eigenvalue weighted by molar-refractivity contribution is -0.141. The van der Waals surface area contributed by atoms with Crippen molar-refractivity contribution in [1.29, 1.82) is 0 Å². The highest BCUT2D eigenvalue weighted by Crippen LogP contribution is 2.28. The van der Waals surface area contributed by atoms with Gasteiger partial charge in [-0.3, -0.25) is 4.79 Å². The maximum Gasteiger partial charge on any atom is 0.339 e. The van der Waals surface area contributed by atoms with Crippen LogP contribution in [0.2, 0.25) is 0 Å². The molecule has 0 saturated heterocycles. The minimum absolute atomic E-state index is 0.199. The Morgan fingerprint density at radius 3 is 2.59 bits per heavy atom. The number of carbonyl (C=O) groups is 2. The predicted octanol–water partition coefficient (Wildman–Crippen LogP) is 2.83. The normalized spacial score (nSPS) is 15.5. The van der Waals surface area contributed by atoms with Crippen LogP contribution in [-0.4, -0.2) is 43.6 Å². The Bertz CT molecular complexity index is 848. The molecule has 0 saturated carbocycles. The van der Waals surface area contributed by atoms with Gasteiger partial charge < -0.3 is 19.1 Å². The maximum atomic E-state index is 13.0. The van der Waals surface area contributed by atoms with E-state index in [4.69, 9.17) is 14.2 Å². The van der Waals surface area contributed by atoms with Gasteiger partial charge in [-0.2, -0.15) is 0 Å². The summed E-state index contributed by atoms with van der Waals surface area (Å²) < 4.78 is 16.0. The smallest absolute Gasteiger partial charge is 0.339 e. The Hall–Kier alpha value is -3.02. The number of benzene rings is 2. The number of hydrogen-bond donors (Lipinski definition) is 0. The zero-order valence-electron chi connectivity index (χ0n) is 15.7. The average molecular weight is 369 g/mol. The fourth-order valence-corrected chi connectivity index (χ4v) is 3.22. The number of hydrogen-bond acceptors (Lipinski definition) is 5. The van der Waals surface area contributed by atoms with Crippen molar-refractivity contribution in [2.24, 2.45) is 0 Å². The summed E-state index contributed by atoms with van der Waals surface area (Å²) in [6.07, 6.45) is -0.407. The van der Waals surface area contributed by atoms with E-state index in [1.54, 1.807) is 31.3 Å². The largest absolute Gasteiger partial charge is 0.493 e. The summed E-state index contributed by atoms with van der Waals surface area (Å²) in [6.45, 7) is 2.80. The van der Waals surface area contributed by atoms with E-state index in [1.807, 2.05) is 37.3 Å². The Morgan fingerprint density at radius 1 is 1.15 bits per heavy atom. The number of likely N-dealkylation sites (N-methyl/N-ethyl adjacent to an activating group) is 1. The fourth-order valence-electron chi connectivity index (χ4n) is 3.22. The van der Waals surface area contributed by atoms with Crippen LogP contribution < -0.4 is 9.47 Å². The number of nitrogens with zero attached hydrogens (tertiary/aromatic N) is 1. The van der Waals surface area contributed by atoms with Gasteiger partial charge in [0.2, 0.25) is 0 Å². The summed E-state index contributed by atoms with van der Waals surface area (Å²) in [4.78, 5) is 26.8. The van der Waals surface area contributed by atoms with Crippen LogP contribution in [0.3, 0.4) is 0 Å². The van der Waals surface area contributed by atoms with E-state index in [0.29, 0.717) is 36.6 Å². The van der Waals surface area contributed by atoms with E-state index < -0.39 is 12.1 Å². The van der Waals surface area contributed by atoms with Gasteiger partial charge in [0.15, 0.2) is 17.6 Å². The molecule has 1 amide bonds. The number of amides is 1. The molecule has 142 valence electrons. The second-order valence-corrected chi connectivity index (χ2v) is 6.30. The van der Waals surface area contributed by atoms with E-state index in [1.165, 1.54) is 0 Å². The van der Waals surface area contributed by atoms with E-state index in [-0.39, 0.29) is 5.91 Å². The van der Waals surface area contributed by atoms with Gasteiger partial charge in [0.05, 0.1) is 19.8 Å². The van der Waals surface area contributed by atoms with Crippen molar-refractivity contribution < 1.29 is 23.8 Å². The molecule has 0 aliphatic carbocycles. The van der Waals surface area contributed by atoms with Gasteiger partial charge in [0.1, 0.15) is 0 Å². The molecular formula is C21H23NO5. The molecule has 0 spiro atoms. The van der Waals surface area contributed by atoms with Crippen LogP contribution in [0.4, 0.5) is 0 Å². The first-order chi connectivity index (χ1) is 13.1. The van der Waals surface area contributed by atoms with Crippen molar-refractivity contribution in [3.63, 3.8) is 0 Å². The van der Waals surface area contributed by atoms with Crippen molar-refractivity contribution >= 4 is 11.9 Å². The number of esters is 1. The highest BCUT2D eigenvalue weighted by Gasteiger charge is 2.33. The Balaban J connectivity index is 1.76. The summed E-state index contributed by atoms with van der Waals surface area (Å²) in [5.74, 6) is 0.595. The number of cyclic esters (lactones) is 1. The molecule has 6 heteroatoms. The summed E-state index contributed by atoms with van der Waals surface area (Å²) in [5, 5.41) is 0. The first kappa shape index (κ1) is 18.8. The van der Waals surface area contributed by atoms with Gasteiger partial charge in [0, 0.05) is 19.5 Å². The van der Waals surface area contributed by atoms with E-state index in [0.717, 1.165) is 11.1 Å². The van der Waals surface area contributed by atoms with Crippen LogP contribution in [0.15, 0.2) is 42.5 Å². The van der Waals surface area contributed by atoms with Crippen LogP contribution in [-0.2, 0) is 22.5 Å². The topological polar surface area (TPSA) is 65.1 Å². The molecule has 2 aromatic carbocycles. The molecule has 1 aliphatic heterocycles. The van der Waals surface area contributed by atoms with Crippen molar-refractivity contribution in [1.82, 2.24) is 4.90 Å². The zero-order chi connectivity index (χ0) is 19.4. The van der Waals surface area contributed by atoms with Gasteiger partial charge in [-0.05, 0) is 36.2 Å². The lowest BCUT2D eigenvalue weighted by Gasteiger charge is -2.29. The summed E-state index contributed by atoms with van der Waals surface area (Å²) >= 11 is 0. The molecule has 2 aromatic rings. The van der Waals surface area contributed by atoms with Gasteiger partial charge in [-0.15, -0.1) is 0 Å². The molecule has 1 heterocycles. The third-order valence-electron chi connectivity index (χ3n) is 4.68. The lowest BCUT2D eigenvalue weighted by atomic mass is 9.98. The molecule has 1 aliphatic rings. The maximum absolute atomic E-state index is 13.0. The quantitative estimate of drug-likeness (QED) is 0.733. The minimum atomic E-state index is -0.799. The SMILES string of the molecule is CCN(Cc1ccc(OC)c(OC)c1)C(=O)[C@H]1Cc2ccccc2C(=O)O1. The molecular weight excluding hydrogens is 346 g/mol. The Kier molecular flexibility index (Phi) is 5.64. The summed E-state index contributed by atoms with van der Waals surface area (Å²) in [5.41, 5.74) is 2.28. The molecule has 0 aromatic heterocycles. The van der Waals surface area contributed by atoms with Crippen molar-refractivity contribution in [2.75, 3.05) is 20.8 Å². The van der Waals surface area contributed by atoms with Gasteiger partial charge in [-0.1, -0.05) is 24.3 Å². The van der Waals surface area contributed by atoms with E-state index in [9.17, 15) is 9.59 Å². The summed E-state index contributed by atoms with van der Waals surface area (Å²) in [7, 11) is 3.15. The fraction of sp³-hybridized carbons (Fsp3) is 0.333. The first-order valence-electron chi connectivity index (χ1n) is 8.86. The third-order valence-corrected chi connectivity index (χ3v) is 4.68. The standard InChI is InChI=1S/C21H23NO5/c1-4-22(13-14-9-10-17(25-2)18(11-14)26-3)20(23)19-12-15-7-5-6-8-16(15)21(24)27-19/h5-11,19H,4,12-13H2,1-3H3/t19-/m1/s1. The van der Waals surface area contributed by atoms with Crippen molar-refractivity contribution in [2.45, 2.75) is 26.0 Å². The third kappa shape index (κ3) is 3.89. The van der Waals surface area contributed by atoms with E-state index in [2.05, 4.69) is 0 Å². The second-order valence-electron chi connectivity index (χ2n) is 6.30. The van der Waals surface area contributed by atoms with Gasteiger partial charge in [0.25, 0.3) is 5.91 Å². The van der Waals surface area contributed by atoms with Crippen molar-refractivity contribution in [3.8, 4) is 11.5 Å². The van der Waals surface area contributed by atoms with E-state index >= 15 is 0 Å². The molecule has 27 heavy (non-hydrogen) atoms.